The van der Waals surface area contributed by atoms with Gasteiger partial charge in [0, 0.05) is 31.7 Å². The number of pyridine rings is 1. The van der Waals surface area contributed by atoms with Gasteiger partial charge in [0.25, 0.3) is 11.8 Å². The molecule has 0 aliphatic rings. The van der Waals surface area contributed by atoms with Gasteiger partial charge in [-0.1, -0.05) is 0 Å². The number of amides is 2. The maximum absolute atomic E-state index is 13.3. The minimum Gasteiger partial charge on any atom is -0.505 e. The molecule has 0 fully saturated rings. The molecule has 1 aromatic carbocycles. The van der Waals surface area contributed by atoms with Crippen LogP contribution in [0.1, 0.15) is 20.8 Å². The van der Waals surface area contributed by atoms with E-state index in [1.165, 1.54) is 36.7 Å². The van der Waals surface area contributed by atoms with E-state index in [4.69, 9.17) is 0 Å². The Hall–Kier alpha value is -4.47. The van der Waals surface area contributed by atoms with Crippen molar-refractivity contribution in [2.24, 2.45) is 0 Å². The van der Waals surface area contributed by atoms with Gasteiger partial charge in [-0.2, -0.15) is 5.10 Å². The topological polar surface area (TPSA) is 114 Å². The SMILES string of the molecule is O=C(NCCNC(=O)c1ncccc1O)c1cnn(-c2ccc(F)cc2)c1-n1cccc1. The van der Waals surface area contributed by atoms with Crippen LogP contribution >= 0.6 is 0 Å². The zero-order valence-corrected chi connectivity index (χ0v) is 16.8. The summed E-state index contributed by atoms with van der Waals surface area (Å²) in [5.41, 5.74) is 0.810. The van der Waals surface area contributed by atoms with E-state index in [1.807, 2.05) is 12.1 Å². The number of nitrogens with zero attached hydrogens (tertiary/aromatic N) is 4. The van der Waals surface area contributed by atoms with Crippen LogP contribution in [0.25, 0.3) is 11.5 Å². The Morgan fingerprint density at radius 1 is 0.969 bits per heavy atom. The van der Waals surface area contributed by atoms with Crippen molar-refractivity contribution in [2.75, 3.05) is 13.1 Å². The summed E-state index contributed by atoms with van der Waals surface area (Å²) in [6.07, 6.45) is 6.37. The average Bonchev–Trinajstić information content (AvgIpc) is 3.47. The third-order valence-corrected chi connectivity index (χ3v) is 4.61. The minimum absolute atomic E-state index is 0.0886. The van der Waals surface area contributed by atoms with Crippen LogP contribution < -0.4 is 10.6 Å². The largest absolute Gasteiger partial charge is 0.505 e. The molecule has 3 aromatic heterocycles. The van der Waals surface area contributed by atoms with Crippen LogP contribution in [-0.4, -0.2) is 49.3 Å². The zero-order valence-electron chi connectivity index (χ0n) is 16.8. The number of aromatic hydroxyl groups is 1. The van der Waals surface area contributed by atoms with Gasteiger partial charge >= 0.3 is 0 Å². The highest BCUT2D eigenvalue weighted by atomic mass is 19.1. The standard InChI is InChI=1S/C22H19FN6O3/c23-15-5-7-16(8-6-15)29-22(28-12-1-2-13-28)17(14-27-29)20(31)25-10-11-26-21(32)19-18(30)4-3-9-24-19/h1-9,12-14,30H,10-11H2,(H,25,31)(H,26,32). The Morgan fingerprint density at radius 3 is 2.34 bits per heavy atom. The molecule has 0 atom stereocenters. The van der Waals surface area contributed by atoms with Crippen molar-refractivity contribution in [3.05, 3.63) is 90.4 Å². The summed E-state index contributed by atoms with van der Waals surface area (Å²) in [5, 5.41) is 19.3. The van der Waals surface area contributed by atoms with Crippen LogP contribution in [0.2, 0.25) is 0 Å². The smallest absolute Gasteiger partial charge is 0.273 e. The second-order valence-electron chi connectivity index (χ2n) is 6.74. The van der Waals surface area contributed by atoms with Crippen molar-refractivity contribution >= 4 is 11.8 Å². The van der Waals surface area contributed by atoms with Crippen molar-refractivity contribution in [3.8, 4) is 17.3 Å². The van der Waals surface area contributed by atoms with Gasteiger partial charge in [0.1, 0.15) is 17.1 Å². The fraction of sp³-hybridized carbons (Fsp3) is 0.0909. The van der Waals surface area contributed by atoms with E-state index in [0.717, 1.165) is 0 Å². The van der Waals surface area contributed by atoms with Gasteiger partial charge in [-0.25, -0.2) is 14.1 Å². The van der Waals surface area contributed by atoms with Crippen LogP contribution in [0.15, 0.2) is 73.3 Å². The number of carbonyl (C=O) groups excluding carboxylic acids is 2. The van der Waals surface area contributed by atoms with Gasteiger partial charge < -0.3 is 20.3 Å². The van der Waals surface area contributed by atoms with E-state index in [9.17, 15) is 19.1 Å². The third kappa shape index (κ3) is 4.33. The Bertz CT molecular complexity index is 1240. The highest BCUT2D eigenvalue weighted by Crippen LogP contribution is 2.20. The summed E-state index contributed by atoms with van der Waals surface area (Å²) in [6, 6.07) is 12.3. The first-order valence-electron chi connectivity index (χ1n) is 9.72. The normalized spacial score (nSPS) is 10.7. The molecule has 3 heterocycles. The first-order valence-corrected chi connectivity index (χ1v) is 9.72. The number of benzene rings is 1. The number of hydrogen-bond acceptors (Lipinski definition) is 5. The Balaban J connectivity index is 1.46. The Kier molecular flexibility index (Phi) is 5.93. The summed E-state index contributed by atoms with van der Waals surface area (Å²) in [6.45, 7) is 0.274. The average molecular weight is 434 g/mol. The number of halogens is 1. The second kappa shape index (κ2) is 9.13. The zero-order chi connectivity index (χ0) is 22.5. The van der Waals surface area contributed by atoms with Crippen LogP contribution in [0, 0.1) is 5.82 Å². The van der Waals surface area contributed by atoms with Gasteiger partial charge in [-0.3, -0.25) is 9.59 Å². The molecule has 10 heteroatoms. The molecule has 0 unspecified atom stereocenters. The summed E-state index contributed by atoms with van der Waals surface area (Å²) >= 11 is 0. The van der Waals surface area contributed by atoms with Crippen molar-refractivity contribution in [2.45, 2.75) is 0 Å². The maximum atomic E-state index is 13.3. The molecular formula is C22H19FN6O3. The van der Waals surface area contributed by atoms with Crippen molar-refractivity contribution in [1.82, 2.24) is 30.0 Å². The van der Waals surface area contributed by atoms with Gasteiger partial charge in [-0.15, -0.1) is 0 Å². The lowest BCUT2D eigenvalue weighted by molar-refractivity contribution is 0.0923. The van der Waals surface area contributed by atoms with Crippen molar-refractivity contribution in [1.29, 1.82) is 0 Å². The van der Waals surface area contributed by atoms with E-state index < -0.39 is 11.8 Å². The number of carbonyl (C=O) groups is 2. The summed E-state index contributed by atoms with van der Waals surface area (Å²) in [7, 11) is 0. The quantitative estimate of drug-likeness (QED) is 0.385. The minimum atomic E-state index is -0.547. The summed E-state index contributed by atoms with van der Waals surface area (Å²) < 4.78 is 16.6. The molecule has 162 valence electrons. The Labute approximate surface area is 182 Å². The second-order valence-corrected chi connectivity index (χ2v) is 6.74. The van der Waals surface area contributed by atoms with Crippen LogP contribution in [0.5, 0.6) is 5.75 Å². The van der Waals surface area contributed by atoms with Gasteiger partial charge in [-0.05, 0) is 48.5 Å². The Morgan fingerprint density at radius 2 is 1.66 bits per heavy atom. The summed E-state index contributed by atoms with van der Waals surface area (Å²) in [5.74, 6) is -1.05. The molecule has 9 nitrogen and oxygen atoms in total. The maximum Gasteiger partial charge on any atom is 0.273 e. The van der Waals surface area contributed by atoms with E-state index in [-0.39, 0.29) is 30.4 Å². The molecule has 4 aromatic rings. The van der Waals surface area contributed by atoms with E-state index in [2.05, 4.69) is 20.7 Å². The van der Waals surface area contributed by atoms with E-state index in [1.54, 1.807) is 33.8 Å². The molecule has 3 N–H and O–H groups in total. The number of rotatable bonds is 7. The number of hydrogen-bond donors (Lipinski definition) is 3. The van der Waals surface area contributed by atoms with Crippen molar-refractivity contribution in [3.63, 3.8) is 0 Å². The van der Waals surface area contributed by atoms with Crippen LogP contribution in [0.3, 0.4) is 0 Å². The third-order valence-electron chi connectivity index (χ3n) is 4.61. The lowest BCUT2D eigenvalue weighted by Gasteiger charge is -2.11. The molecule has 0 aliphatic heterocycles. The van der Waals surface area contributed by atoms with Gasteiger partial charge in [0.15, 0.2) is 11.5 Å². The molecular weight excluding hydrogens is 415 g/mol. The van der Waals surface area contributed by atoms with Gasteiger partial charge in [0.2, 0.25) is 0 Å². The predicted molar refractivity (Wildman–Crippen MR) is 113 cm³/mol. The lowest BCUT2D eigenvalue weighted by Crippen LogP contribution is -2.35. The molecule has 0 saturated carbocycles. The molecule has 0 bridgehead atoms. The predicted octanol–water partition coefficient (Wildman–Crippen LogP) is 2.06. The first kappa shape index (κ1) is 20.8. The molecule has 0 saturated heterocycles. The van der Waals surface area contributed by atoms with Gasteiger partial charge in [0.05, 0.1) is 11.9 Å². The fourth-order valence-electron chi connectivity index (χ4n) is 3.10. The van der Waals surface area contributed by atoms with Crippen molar-refractivity contribution < 1.29 is 19.1 Å². The van der Waals surface area contributed by atoms with Crippen LogP contribution in [0.4, 0.5) is 4.39 Å². The molecule has 2 amide bonds. The molecule has 0 radical (unpaired) electrons. The highest BCUT2D eigenvalue weighted by Gasteiger charge is 2.20. The number of nitrogens with one attached hydrogen (secondary N) is 2. The highest BCUT2D eigenvalue weighted by molar-refractivity contribution is 5.97. The number of aromatic nitrogens is 4. The monoisotopic (exact) mass is 434 g/mol. The van der Waals surface area contributed by atoms with E-state index >= 15 is 0 Å². The lowest BCUT2D eigenvalue weighted by atomic mass is 10.2. The van der Waals surface area contributed by atoms with Crippen LogP contribution in [-0.2, 0) is 0 Å². The molecule has 0 aliphatic carbocycles. The molecule has 32 heavy (non-hydrogen) atoms. The summed E-state index contributed by atoms with van der Waals surface area (Å²) in [4.78, 5) is 28.7. The first-order chi connectivity index (χ1) is 15.5. The fourth-order valence-corrected chi connectivity index (χ4v) is 3.10. The van der Waals surface area contributed by atoms with E-state index in [0.29, 0.717) is 17.1 Å². The molecule has 4 rings (SSSR count). The molecule has 0 spiro atoms.